The van der Waals surface area contributed by atoms with Crippen LogP contribution in [0.5, 0.6) is 0 Å². The summed E-state index contributed by atoms with van der Waals surface area (Å²) < 4.78 is 5.18. The van der Waals surface area contributed by atoms with Gasteiger partial charge in [-0.3, -0.25) is 4.79 Å². The van der Waals surface area contributed by atoms with Crippen molar-refractivity contribution in [1.29, 1.82) is 0 Å². The van der Waals surface area contributed by atoms with Crippen LogP contribution < -0.4 is 16.4 Å². The van der Waals surface area contributed by atoms with E-state index in [1.807, 2.05) is 0 Å². The second kappa shape index (κ2) is 6.65. The molecule has 1 aromatic heterocycles. The van der Waals surface area contributed by atoms with Crippen LogP contribution in [0.1, 0.15) is 16.3 Å². The molecule has 0 aliphatic heterocycles. The molecule has 0 radical (unpaired) electrons. The number of rotatable bonds is 5. The van der Waals surface area contributed by atoms with Crippen LogP contribution in [0.3, 0.4) is 0 Å². The van der Waals surface area contributed by atoms with Gasteiger partial charge in [0.25, 0.3) is 5.91 Å². The van der Waals surface area contributed by atoms with Crippen LogP contribution in [0.4, 0.5) is 4.79 Å². The number of hydrogen-bond acceptors (Lipinski definition) is 4. The van der Waals surface area contributed by atoms with E-state index in [4.69, 9.17) is 10.2 Å². The number of furan rings is 1. The highest BCUT2D eigenvalue weighted by Crippen LogP contribution is 2.06. The van der Waals surface area contributed by atoms with Gasteiger partial charge >= 0.3 is 6.03 Å². The van der Waals surface area contributed by atoms with E-state index in [0.29, 0.717) is 18.8 Å². The van der Waals surface area contributed by atoms with Crippen LogP contribution in [0, 0.1) is 0 Å². The molecular weight excluding hydrogens is 236 g/mol. The zero-order valence-electron chi connectivity index (χ0n) is 10.5. The molecule has 1 heterocycles. The molecule has 0 bridgehead atoms. The van der Waals surface area contributed by atoms with E-state index in [-0.39, 0.29) is 24.2 Å². The minimum Gasteiger partial charge on any atom is -0.455 e. The van der Waals surface area contributed by atoms with Crippen LogP contribution in [-0.2, 0) is 6.54 Å². The highest BCUT2D eigenvalue weighted by molar-refractivity contribution is 5.91. The Morgan fingerprint density at radius 1 is 1.28 bits per heavy atom. The van der Waals surface area contributed by atoms with E-state index in [1.165, 1.54) is 4.90 Å². The summed E-state index contributed by atoms with van der Waals surface area (Å²) in [7, 11) is 3.29. The van der Waals surface area contributed by atoms with Crippen molar-refractivity contribution in [2.75, 3.05) is 27.2 Å². The van der Waals surface area contributed by atoms with Crippen LogP contribution >= 0.6 is 0 Å². The maximum absolute atomic E-state index is 11.6. The lowest BCUT2D eigenvalue weighted by Gasteiger charge is -2.11. The Hall–Kier alpha value is -2.02. The molecule has 100 valence electrons. The fourth-order valence-corrected chi connectivity index (χ4v) is 1.20. The molecule has 7 nitrogen and oxygen atoms in total. The van der Waals surface area contributed by atoms with Crippen molar-refractivity contribution in [3.8, 4) is 0 Å². The maximum atomic E-state index is 11.6. The third-order valence-corrected chi connectivity index (χ3v) is 2.18. The third-order valence-electron chi connectivity index (χ3n) is 2.18. The molecule has 18 heavy (non-hydrogen) atoms. The lowest BCUT2D eigenvalue weighted by molar-refractivity contribution is 0.0924. The quantitative estimate of drug-likeness (QED) is 0.630. The molecule has 0 unspecified atom stereocenters. The standard InChI is InChI=1S/C11H18N4O3/c1-15(2)11(17)14-6-5-13-10(16)9-4-3-8(7-12)18-9/h3-4H,5-7,12H2,1-2H3,(H,13,16)(H,14,17). The summed E-state index contributed by atoms with van der Waals surface area (Å²) in [6, 6.07) is 3.02. The normalized spacial score (nSPS) is 9.94. The van der Waals surface area contributed by atoms with Gasteiger partial charge in [0.15, 0.2) is 5.76 Å². The summed E-state index contributed by atoms with van der Waals surface area (Å²) in [6.07, 6.45) is 0. The van der Waals surface area contributed by atoms with E-state index in [1.54, 1.807) is 26.2 Å². The first-order valence-corrected chi connectivity index (χ1v) is 5.56. The van der Waals surface area contributed by atoms with E-state index >= 15 is 0 Å². The van der Waals surface area contributed by atoms with Crippen molar-refractivity contribution >= 4 is 11.9 Å². The predicted molar refractivity (Wildman–Crippen MR) is 66.0 cm³/mol. The minimum absolute atomic E-state index is 0.201. The molecule has 0 aliphatic carbocycles. The summed E-state index contributed by atoms with van der Waals surface area (Å²) in [4.78, 5) is 24.2. The molecule has 0 fully saturated rings. The predicted octanol–water partition coefficient (Wildman–Crippen LogP) is -0.261. The first kappa shape index (κ1) is 14.0. The Balaban J connectivity index is 2.27. The Morgan fingerprint density at radius 2 is 1.94 bits per heavy atom. The van der Waals surface area contributed by atoms with Gasteiger partial charge in [-0.1, -0.05) is 0 Å². The van der Waals surface area contributed by atoms with Gasteiger partial charge < -0.3 is 25.7 Å². The van der Waals surface area contributed by atoms with E-state index in [0.717, 1.165) is 0 Å². The molecule has 7 heteroatoms. The first-order chi connectivity index (χ1) is 8.54. The van der Waals surface area contributed by atoms with Crippen molar-refractivity contribution < 1.29 is 14.0 Å². The third kappa shape index (κ3) is 4.10. The first-order valence-electron chi connectivity index (χ1n) is 5.56. The molecule has 3 amide bonds. The van der Waals surface area contributed by atoms with Crippen molar-refractivity contribution in [3.63, 3.8) is 0 Å². The Bertz CT molecular complexity index is 414. The second-order valence-electron chi connectivity index (χ2n) is 3.85. The number of urea groups is 1. The molecule has 0 saturated heterocycles. The van der Waals surface area contributed by atoms with Gasteiger partial charge in [-0.25, -0.2) is 4.79 Å². The number of amides is 3. The summed E-state index contributed by atoms with van der Waals surface area (Å²) >= 11 is 0. The smallest absolute Gasteiger partial charge is 0.316 e. The number of nitrogens with zero attached hydrogens (tertiary/aromatic N) is 1. The van der Waals surface area contributed by atoms with Gasteiger partial charge in [-0.05, 0) is 12.1 Å². The second-order valence-corrected chi connectivity index (χ2v) is 3.85. The number of nitrogens with one attached hydrogen (secondary N) is 2. The Labute approximate surface area is 105 Å². The maximum Gasteiger partial charge on any atom is 0.316 e. The summed E-state index contributed by atoms with van der Waals surface area (Å²) in [5.74, 6) is 0.448. The van der Waals surface area contributed by atoms with Gasteiger partial charge in [0.05, 0.1) is 6.54 Å². The van der Waals surface area contributed by atoms with Crippen LogP contribution in [-0.4, -0.2) is 44.0 Å². The molecule has 1 aromatic rings. The number of nitrogens with two attached hydrogens (primary N) is 1. The van der Waals surface area contributed by atoms with E-state index < -0.39 is 0 Å². The summed E-state index contributed by atoms with van der Waals surface area (Å²) in [5.41, 5.74) is 5.37. The van der Waals surface area contributed by atoms with Crippen LogP contribution in [0.25, 0.3) is 0 Å². The zero-order chi connectivity index (χ0) is 13.5. The molecule has 4 N–H and O–H groups in total. The zero-order valence-corrected chi connectivity index (χ0v) is 10.5. The molecule has 0 spiro atoms. The monoisotopic (exact) mass is 254 g/mol. The topological polar surface area (TPSA) is 101 Å². The van der Waals surface area contributed by atoms with Crippen molar-refractivity contribution in [1.82, 2.24) is 15.5 Å². The average Bonchev–Trinajstić information content (AvgIpc) is 2.82. The highest BCUT2D eigenvalue weighted by atomic mass is 16.4. The molecule has 0 aromatic carbocycles. The summed E-state index contributed by atoms with van der Waals surface area (Å²) in [6.45, 7) is 0.941. The van der Waals surface area contributed by atoms with Gasteiger partial charge in [-0.15, -0.1) is 0 Å². The lowest BCUT2D eigenvalue weighted by atomic mass is 10.4. The SMILES string of the molecule is CN(C)C(=O)NCCNC(=O)c1ccc(CN)o1. The van der Waals surface area contributed by atoms with Gasteiger partial charge in [-0.2, -0.15) is 0 Å². The van der Waals surface area contributed by atoms with Gasteiger partial charge in [0, 0.05) is 27.2 Å². The Kier molecular flexibility index (Phi) is 5.19. The number of carbonyl (C=O) groups excluding carboxylic acids is 2. The van der Waals surface area contributed by atoms with E-state index in [2.05, 4.69) is 10.6 Å². The number of hydrogen-bond donors (Lipinski definition) is 3. The molecule has 1 rings (SSSR count). The Morgan fingerprint density at radius 3 is 2.50 bits per heavy atom. The van der Waals surface area contributed by atoms with Crippen LogP contribution in [0.15, 0.2) is 16.5 Å². The molecule has 0 atom stereocenters. The number of carbonyl (C=O) groups is 2. The minimum atomic E-state index is -0.325. The largest absolute Gasteiger partial charge is 0.455 e. The fourth-order valence-electron chi connectivity index (χ4n) is 1.20. The van der Waals surface area contributed by atoms with Crippen molar-refractivity contribution in [2.24, 2.45) is 5.73 Å². The molecular formula is C11H18N4O3. The summed E-state index contributed by atoms with van der Waals surface area (Å²) in [5, 5.41) is 5.25. The van der Waals surface area contributed by atoms with Gasteiger partial charge in [0.2, 0.25) is 0 Å². The fraction of sp³-hybridized carbons (Fsp3) is 0.455. The molecule has 0 aliphatic rings. The average molecular weight is 254 g/mol. The van der Waals surface area contributed by atoms with Crippen molar-refractivity contribution in [3.05, 3.63) is 23.7 Å². The van der Waals surface area contributed by atoms with Crippen LogP contribution in [0.2, 0.25) is 0 Å². The highest BCUT2D eigenvalue weighted by Gasteiger charge is 2.10. The van der Waals surface area contributed by atoms with Gasteiger partial charge in [0.1, 0.15) is 5.76 Å². The van der Waals surface area contributed by atoms with E-state index in [9.17, 15) is 9.59 Å². The van der Waals surface area contributed by atoms with Crippen molar-refractivity contribution in [2.45, 2.75) is 6.54 Å². The molecule has 0 saturated carbocycles. The lowest BCUT2D eigenvalue weighted by Crippen LogP contribution is -2.39.